The Morgan fingerprint density at radius 3 is 2.41 bits per heavy atom. The van der Waals surface area contributed by atoms with Gasteiger partial charge in [0.05, 0.1) is 20.8 Å². The number of methoxy groups -OCH3 is 2. The van der Waals surface area contributed by atoms with Gasteiger partial charge in [-0.2, -0.15) is 5.26 Å². The highest BCUT2D eigenvalue weighted by molar-refractivity contribution is 6.09. The van der Waals surface area contributed by atoms with Crippen LogP contribution in [0.25, 0.3) is 6.08 Å². The van der Waals surface area contributed by atoms with E-state index in [0.29, 0.717) is 41.0 Å². The Bertz CT molecular complexity index is 896. The minimum absolute atomic E-state index is 0.0173. The lowest BCUT2D eigenvalue weighted by Gasteiger charge is -2.12. The maximum Gasteiger partial charge on any atom is 0.266 e. The first-order valence-corrected chi connectivity index (χ1v) is 9.34. The van der Waals surface area contributed by atoms with Crippen molar-refractivity contribution in [3.05, 3.63) is 53.6 Å². The summed E-state index contributed by atoms with van der Waals surface area (Å²) < 4.78 is 16.2. The number of hydrogen-bond donors (Lipinski definition) is 1. The predicted molar refractivity (Wildman–Crippen MR) is 113 cm³/mol. The van der Waals surface area contributed by atoms with Crippen molar-refractivity contribution in [3.8, 4) is 23.3 Å². The van der Waals surface area contributed by atoms with E-state index in [-0.39, 0.29) is 5.57 Å². The Hall–Kier alpha value is -3.46. The number of hydrogen-bond acceptors (Lipinski definition) is 5. The number of rotatable bonds is 9. The van der Waals surface area contributed by atoms with Gasteiger partial charge in [-0.1, -0.05) is 19.9 Å². The molecule has 0 fully saturated rings. The second kappa shape index (κ2) is 10.8. The number of amides is 1. The van der Waals surface area contributed by atoms with Gasteiger partial charge in [-0.3, -0.25) is 4.79 Å². The topological polar surface area (TPSA) is 80.6 Å². The number of anilines is 1. The molecular weight excluding hydrogens is 368 g/mol. The van der Waals surface area contributed by atoms with Gasteiger partial charge in [0.25, 0.3) is 5.91 Å². The van der Waals surface area contributed by atoms with Gasteiger partial charge in [-0.15, -0.1) is 0 Å². The molecule has 2 aromatic carbocycles. The third kappa shape index (κ3) is 6.58. The van der Waals surface area contributed by atoms with E-state index in [4.69, 9.17) is 14.2 Å². The molecule has 2 aromatic rings. The fourth-order valence-corrected chi connectivity index (χ4v) is 2.49. The first kappa shape index (κ1) is 21.8. The van der Waals surface area contributed by atoms with Gasteiger partial charge in [0.1, 0.15) is 17.4 Å². The van der Waals surface area contributed by atoms with Crippen LogP contribution in [0.1, 0.15) is 25.8 Å². The zero-order chi connectivity index (χ0) is 21.2. The second-order valence-corrected chi connectivity index (χ2v) is 6.79. The lowest BCUT2D eigenvalue weighted by molar-refractivity contribution is -0.112. The summed E-state index contributed by atoms with van der Waals surface area (Å²) in [6.07, 6.45) is 2.45. The largest absolute Gasteiger partial charge is 0.497 e. The van der Waals surface area contributed by atoms with Crippen molar-refractivity contribution in [3.63, 3.8) is 0 Å². The van der Waals surface area contributed by atoms with Gasteiger partial charge in [-0.05, 0) is 60.4 Å². The van der Waals surface area contributed by atoms with Gasteiger partial charge in [0.2, 0.25) is 0 Å². The van der Waals surface area contributed by atoms with Gasteiger partial charge < -0.3 is 19.5 Å². The highest BCUT2D eigenvalue weighted by atomic mass is 16.5. The predicted octanol–water partition coefficient (Wildman–Crippen LogP) is 4.67. The standard InChI is InChI=1S/C23H26N2O4/c1-16(2)11-12-29-21-10-5-17(14-22(21)28-4)13-18(15-24)23(26)25-19-6-8-20(27-3)9-7-19/h5-10,13-14,16H,11-12H2,1-4H3,(H,25,26)/b18-13+. The fraction of sp³-hybridized carbons (Fsp3) is 0.304. The number of ether oxygens (including phenoxy) is 3. The highest BCUT2D eigenvalue weighted by Gasteiger charge is 2.11. The van der Waals surface area contributed by atoms with Crippen molar-refractivity contribution in [2.75, 3.05) is 26.1 Å². The van der Waals surface area contributed by atoms with Crippen molar-refractivity contribution in [1.29, 1.82) is 5.26 Å². The third-order valence-corrected chi connectivity index (χ3v) is 4.16. The first-order chi connectivity index (χ1) is 14.0. The highest BCUT2D eigenvalue weighted by Crippen LogP contribution is 2.29. The Morgan fingerprint density at radius 1 is 1.10 bits per heavy atom. The van der Waals surface area contributed by atoms with Crippen LogP contribution in [0.4, 0.5) is 5.69 Å². The van der Waals surface area contributed by atoms with Crippen LogP contribution >= 0.6 is 0 Å². The van der Waals surface area contributed by atoms with Crippen LogP contribution in [0.3, 0.4) is 0 Å². The summed E-state index contributed by atoms with van der Waals surface area (Å²) in [5, 5.41) is 12.1. The van der Waals surface area contributed by atoms with Crippen LogP contribution < -0.4 is 19.5 Å². The van der Waals surface area contributed by atoms with Crippen molar-refractivity contribution in [1.82, 2.24) is 0 Å². The minimum atomic E-state index is -0.492. The Kier molecular flexibility index (Phi) is 8.11. The van der Waals surface area contributed by atoms with Gasteiger partial charge in [0.15, 0.2) is 11.5 Å². The lowest BCUT2D eigenvalue weighted by atomic mass is 10.1. The van der Waals surface area contributed by atoms with Crippen LogP contribution in [0.5, 0.6) is 17.2 Å². The smallest absolute Gasteiger partial charge is 0.266 e. The van der Waals surface area contributed by atoms with Gasteiger partial charge in [-0.25, -0.2) is 0 Å². The molecule has 0 unspecified atom stereocenters. The molecule has 0 heterocycles. The first-order valence-electron chi connectivity index (χ1n) is 9.34. The maximum absolute atomic E-state index is 12.4. The molecule has 0 spiro atoms. The average Bonchev–Trinajstić information content (AvgIpc) is 2.72. The number of carbonyl (C=O) groups excluding carboxylic acids is 1. The van der Waals surface area contributed by atoms with Crippen LogP contribution in [-0.4, -0.2) is 26.7 Å². The molecule has 1 N–H and O–H groups in total. The van der Waals surface area contributed by atoms with E-state index in [1.54, 1.807) is 56.7 Å². The Labute approximate surface area is 171 Å². The molecule has 0 atom stereocenters. The van der Waals surface area contributed by atoms with Crippen LogP contribution in [0.15, 0.2) is 48.0 Å². The van der Waals surface area contributed by atoms with Crippen molar-refractivity contribution < 1.29 is 19.0 Å². The molecule has 0 aliphatic heterocycles. The van der Waals surface area contributed by atoms with E-state index in [9.17, 15) is 10.1 Å². The molecule has 0 saturated heterocycles. The number of nitrogens with zero attached hydrogens (tertiary/aromatic N) is 1. The molecule has 0 saturated carbocycles. The SMILES string of the molecule is COc1ccc(NC(=O)/C(C#N)=C/c2ccc(OCCC(C)C)c(OC)c2)cc1. The third-order valence-electron chi connectivity index (χ3n) is 4.16. The number of nitriles is 1. The van der Waals surface area contributed by atoms with Crippen molar-refractivity contribution in [2.24, 2.45) is 5.92 Å². The maximum atomic E-state index is 12.4. The zero-order valence-electron chi connectivity index (χ0n) is 17.2. The average molecular weight is 394 g/mol. The molecular formula is C23H26N2O4. The summed E-state index contributed by atoms with van der Waals surface area (Å²) in [4.78, 5) is 12.4. The minimum Gasteiger partial charge on any atom is -0.497 e. The van der Waals surface area contributed by atoms with E-state index in [0.717, 1.165) is 6.42 Å². The molecule has 29 heavy (non-hydrogen) atoms. The van der Waals surface area contributed by atoms with Crippen LogP contribution in [-0.2, 0) is 4.79 Å². The molecule has 0 aliphatic carbocycles. The molecule has 0 aliphatic rings. The van der Waals surface area contributed by atoms with Crippen molar-refractivity contribution in [2.45, 2.75) is 20.3 Å². The van der Waals surface area contributed by atoms with E-state index in [1.165, 1.54) is 6.08 Å². The summed E-state index contributed by atoms with van der Waals surface area (Å²) in [5.74, 6) is 1.92. The molecule has 152 valence electrons. The molecule has 0 radical (unpaired) electrons. The van der Waals surface area contributed by atoms with Gasteiger partial charge >= 0.3 is 0 Å². The van der Waals surface area contributed by atoms with Crippen LogP contribution in [0.2, 0.25) is 0 Å². The summed E-state index contributed by atoms with van der Waals surface area (Å²) in [5.41, 5.74) is 1.22. The summed E-state index contributed by atoms with van der Waals surface area (Å²) in [6, 6.07) is 14.1. The van der Waals surface area contributed by atoms with Crippen molar-refractivity contribution >= 4 is 17.7 Å². The van der Waals surface area contributed by atoms with E-state index >= 15 is 0 Å². The molecule has 2 rings (SSSR count). The summed E-state index contributed by atoms with van der Waals surface area (Å²) in [7, 11) is 3.12. The fourth-order valence-electron chi connectivity index (χ4n) is 2.49. The number of nitrogens with one attached hydrogen (secondary N) is 1. The zero-order valence-corrected chi connectivity index (χ0v) is 17.2. The second-order valence-electron chi connectivity index (χ2n) is 6.79. The molecule has 1 amide bonds. The normalized spacial score (nSPS) is 11.0. The van der Waals surface area contributed by atoms with Gasteiger partial charge in [0, 0.05) is 5.69 Å². The lowest BCUT2D eigenvalue weighted by Crippen LogP contribution is -2.13. The van der Waals surface area contributed by atoms with Crippen LogP contribution in [0, 0.1) is 17.2 Å². The number of benzene rings is 2. The molecule has 6 heteroatoms. The summed E-state index contributed by atoms with van der Waals surface area (Å²) >= 11 is 0. The molecule has 6 nitrogen and oxygen atoms in total. The Balaban J connectivity index is 2.14. The van der Waals surface area contributed by atoms with E-state index in [1.807, 2.05) is 6.07 Å². The van der Waals surface area contributed by atoms with E-state index in [2.05, 4.69) is 19.2 Å². The quantitative estimate of drug-likeness (QED) is 0.494. The summed E-state index contributed by atoms with van der Waals surface area (Å²) in [6.45, 7) is 4.86. The molecule has 0 aromatic heterocycles. The Morgan fingerprint density at radius 2 is 1.83 bits per heavy atom. The van der Waals surface area contributed by atoms with E-state index < -0.39 is 5.91 Å². The number of carbonyl (C=O) groups is 1. The molecule has 0 bridgehead atoms. The monoisotopic (exact) mass is 394 g/mol.